The highest BCUT2D eigenvalue weighted by Crippen LogP contribution is 2.21. The van der Waals surface area contributed by atoms with Crippen molar-refractivity contribution in [1.29, 1.82) is 0 Å². The molecular weight excluding hydrogens is 241 g/mol. The summed E-state index contributed by atoms with van der Waals surface area (Å²) < 4.78 is 18.4. The van der Waals surface area contributed by atoms with E-state index in [-0.39, 0.29) is 5.82 Å². The van der Waals surface area contributed by atoms with Crippen LogP contribution in [0.4, 0.5) is 4.39 Å². The summed E-state index contributed by atoms with van der Waals surface area (Å²) in [6.07, 6.45) is 4.93. The number of nitrogens with zero attached hydrogens (tertiary/aromatic N) is 1. The smallest absolute Gasteiger partial charge is 0.123 e. The predicted molar refractivity (Wildman–Crippen MR) is 76.0 cm³/mol. The van der Waals surface area contributed by atoms with Crippen LogP contribution in [0, 0.1) is 11.7 Å². The molecule has 1 aromatic rings. The zero-order valence-electron chi connectivity index (χ0n) is 11.8. The Morgan fingerprint density at radius 2 is 1.89 bits per heavy atom. The lowest BCUT2D eigenvalue weighted by Gasteiger charge is -2.31. The number of rotatable bonds is 6. The van der Waals surface area contributed by atoms with Crippen LogP contribution in [-0.2, 0) is 0 Å². The molecule has 0 aliphatic carbocycles. The molecule has 1 aromatic carbocycles. The van der Waals surface area contributed by atoms with Crippen LogP contribution in [0.15, 0.2) is 24.3 Å². The molecule has 1 aliphatic heterocycles. The van der Waals surface area contributed by atoms with Crippen LogP contribution in [0.25, 0.3) is 0 Å². The Balaban J connectivity index is 1.63. The molecule has 0 aromatic heterocycles. The fourth-order valence-corrected chi connectivity index (χ4v) is 2.69. The van der Waals surface area contributed by atoms with Gasteiger partial charge in [0.05, 0.1) is 6.61 Å². The summed E-state index contributed by atoms with van der Waals surface area (Å²) in [5.74, 6) is 1.34. The third-order valence-corrected chi connectivity index (χ3v) is 3.86. The van der Waals surface area contributed by atoms with E-state index in [1.54, 1.807) is 12.1 Å². The minimum Gasteiger partial charge on any atom is -0.494 e. The van der Waals surface area contributed by atoms with Gasteiger partial charge in [0.15, 0.2) is 0 Å². The third kappa shape index (κ3) is 4.83. The van der Waals surface area contributed by atoms with E-state index in [1.807, 2.05) is 0 Å². The minimum atomic E-state index is -0.212. The van der Waals surface area contributed by atoms with Crippen LogP contribution in [0.1, 0.15) is 32.6 Å². The molecule has 0 amide bonds. The molecule has 0 spiro atoms. The zero-order valence-corrected chi connectivity index (χ0v) is 11.8. The first-order chi connectivity index (χ1) is 9.28. The van der Waals surface area contributed by atoms with Gasteiger partial charge in [0.2, 0.25) is 0 Å². The van der Waals surface area contributed by atoms with Crippen molar-refractivity contribution in [3.63, 3.8) is 0 Å². The molecule has 2 nitrogen and oxygen atoms in total. The van der Waals surface area contributed by atoms with E-state index in [9.17, 15) is 4.39 Å². The van der Waals surface area contributed by atoms with E-state index in [0.717, 1.165) is 24.7 Å². The van der Waals surface area contributed by atoms with Crippen molar-refractivity contribution in [3.8, 4) is 5.75 Å². The van der Waals surface area contributed by atoms with Crippen molar-refractivity contribution in [3.05, 3.63) is 30.1 Å². The zero-order chi connectivity index (χ0) is 13.5. The van der Waals surface area contributed by atoms with Gasteiger partial charge in [-0.15, -0.1) is 0 Å². The maximum Gasteiger partial charge on any atom is 0.123 e. The molecule has 0 saturated carbocycles. The summed E-state index contributed by atoms with van der Waals surface area (Å²) in [4.78, 5) is 2.55. The van der Waals surface area contributed by atoms with Gasteiger partial charge in [0.25, 0.3) is 0 Å². The Morgan fingerprint density at radius 1 is 1.21 bits per heavy atom. The summed E-state index contributed by atoms with van der Waals surface area (Å²) in [5.41, 5.74) is 0. The molecule has 19 heavy (non-hydrogen) atoms. The fourth-order valence-electron chi connectivity index (χ4n) is 2.69. The molecule has 0 atom stereocenters. The second kappa shape index (κ2) is 7.49. The first-order valence-corrected chi connectivity index (χ1v) is 7.38. The van der Waals surface area contributed by atoms with Gasteiger partial charge in [-0.3, -0.25) is 0 Å². The van der Waals surface area contributed by atoms with E-state index >= 15 is 0 Å². The lowest BCUT2D eigenvalue weighted by atomic mass is 9.94. The summed E-state index contributed by atoms with van der Waals surface area (Å²) in [6.45, 7) is 6.68. The largest absolute Gasteiger partial charge is 0.494 e. The van der Waals surface area contributed by atoms with E-state index in [2.05, 4.69) is 11.8 Å². The van der Waals surface area contributed by atoms with Gasteiger partial charge in [-0.25, -0.2) is 4.39 Å². The summed E-state index contributed by atoms with van der Waals surface area (Å²) in [6, 6.07) is 6.27. The molecule has 1 heterocycles. The standard InChI is InChI=1S/C16H24FNO/c1-2-10-18-11-7-14(8-12-18)9-13-19-16-5-3-15(17)4-6-16/h3-6,14H,2,7-13H2,1H3. The Bertz CT molecular complexity index is 358. The Morgan fingerprint density at radius 3 is 2.53 bits per heavy atom. The highest BCUT2D eigenvalue weighted by Gasteiger charge is 2.18. The van der Waals surface area contributed by atoms with E-state index < -0.39 is 0 Å². The number of hydrogen-bond donors (Lipinski definition) is 0. The van der Waals surface area contributed by atoms with E-state index in [1.165, 1.54) is 51.0 Å². The van der Waals surface area contributed by atoms with Crippen molar-refractivity contribution in [2.24, 2.45) is 5.92 Å². The van der Waals surface area contributed by atoms with Gasteiger partial charge < -0.3 is 9.64 Å². The molecule has 1 saturated heterocycles. The summed E-state index contributed by atoms with van der Waals surface area (Å²) in [7, 11) is 0. The van der Waals surface area contributed by atoms with Gasteiger partial charge in [-0.2, -0.15) is 0 Å². The quantitative estimate of drug-likeness (QED) is 0.777. The maximum absolute atomic E-state index is 12.7. The summed E-state index contributed by atoms with van der Waals surface area (Å²) >= 11 is 0. The van der Waals surface area contributed by atoms with Gasteiger partial charge in [-0.1, -0.05) is 6.92 Å². The van der Waals surface area contributed by atoms with Gasteiger partial charge in [0.1, 0.15) is 11.6 Å². The number of piperidine rings is 1. The minimum absolute atomic E-state index is 0.212. The molecule has 106 valence electrons. The first kappa shape index (κ1) is 14.3. The molecule has 1 fully saturated rings. The van der Waals surface area contributed by atoms with Crippen molar-refractivity contribution >= 4 is 0 Å². The topological polar surface area (TPSA) is 12.5 Å². The number of likely N-dealkylation sites (tertiary alicyclic amines) is 1. The summed E-state index contributed by atoms with van der Waals surface area (Å²) in [5, 5.41) is 0. The van der Waals surface area contributed by atoms with Crippen LogP contribution in [-0.4, -0.2) is 31.1 Å². The molecular formula is C16H24FNO. The van der Waals surface area contributed by atoms with Crippen molar-refractivity contribution in [2.75, 3.05) is 26.2 Å². The van der Waals surface area contributed by atoms with E-state index in [4.69, 9.17) is 4.74 Å². The highest BCUT2D eigenvalue weighted by molar-refractivity contribution is 5.21. The highest BCUT2D eigenvalue weighted by atomic mass is 19.1. The first-order valence-electron chi connectivity index (χ1n) is 7.38. The number of halogens is 1. The third-order valence-electron chi connectivity index (χ3n) is 3.86. The van der Waals surface area contributed by atoms with Crippen molar-refractivity contribution < 1.29 is 9.13 Å². The van der Waals surface area contributed by atoms with Crippen LogP contribution in [0.2, 0.25) is 0 Å². The van der Waals surface area contributed by atoms with Gasteiger partial charge >= 0.3 is 0 Å². The maximum atomic E-state index is 12.7. The number of benzene rings is 1. The molecule has 0 radical (unpaired) electrons. The fraction of sp³-hybridized carbons (Fsp3) is 0.625. The normalized spacial score (nSPS) is 17.6. The molecule has 1 aliphatic rings. The van der Waals surface area contributed by atoms with Crippen LogP contribution in [0.5, 0.6) is 5.75 Å². The Labute approximate surface area is 115 Å². The monoisotopic (exact) mass is 265 g/mol. The Hall–Kier alpha value is -1.09. The molecule has 0 N–H and O–H groups in total. The second-order valence-electron chi connectivity index (χ2n) is 5.38. The molecule has 0 bridgehead atoms. The Kier molecular flexibility index (Phi) is 5.64. The van der Waals surface area contributed by atoms with Crippen LogP contribution >= 0.6 is 0 Å². The van der Waals surface area contributed by atoms with Crippen LogP contribution in [0.3, 0.4) is 0 Å². The van der Waals surface area contributed by atoms with E-state index in [0.29, 0.717) is 0 Å². The second-order valence-corrected chi connectivity index (χ2v) is 5.38. The lowest BCUT2D eigenvalue weighted by molar-refractivity contribution is 0.163. The molecule has 3 heteroatoms. The van der Waals surface area contributed by atoms with Crippen molar-refractivity contribution in [2.45, 2.75) is 32.6 Å². The molecule has 0 unspecified atom stereocenters. The van der Waals surface area contributed by atoms with Gasteiger partial charge in [-0.05, 0) is 75.5 Å². The number of ether oxygens (including phenoxy) is 1. The average molecular weight is 265 g/mol. The lowest BCUT2D eigenvalue weighted by Crippen LogP contribution is -2.34. The molecule has 2 rings (SSSR count). The van der Waals surface area contributed by atoms with Crippen LogP contribution < -0.4 is 4.74 Å². The van der Waals surface area contributed by atoms with Gasteiger partial charge in [0, 0.05) is 0 Å². The average Bonchev–Trinajstić information content (AvgIpc) is 2.43. The predicted octanol–water partition coefficient (Wildman–Crippen LogP) is 3.72. The SMILES string of the molecule is CCCN1CCC(CCOc2ccc(F)cc2)CC1. The number of hydrogen-bond acceptors (Lipinski definition) is 2. The van der Waals surface area contributed by atoms with Crippen molar-refractivity contribution in [1.82, 2.24) is 4.90 Å².